The summed E-state index contributed by atoms with van der Waals surface area (Å²) in [6.07, 6.45) is 5.77. The van der Waals surface area contributed by atoms with Gasteiger partial charge in [0.25, 0.3) is 0 Å². The quantitative estimate of drug-likeness (QED) is 0.776. The molecule has 0 aliphatic heterocycles. The van der Waals surface area contributed by atoms with Crippen LogP contribution in [-0.2, 0) is 11.2 Å². The highest BCUT2D eigenvalue weighted by atomic mass is 16.5. The van der Waals surface area contributed by atoms with Gasteiger partial charge in [-0.3, -0.25) is 0 Å². The molecule has 0 amide bonds. The monoisotopic (exact) mass is 276 g/mol. The second kappa shape index (κ2) is 4.37. The van der Waals surface area contributed by atoms with Crippen LogP contribution in [0.2, 0.25) is 0 Å². The molecule has 1 aromatic rings. The normalized spacial score (nSPS) is 34.4. The average Bonchev–Trinajstić information content (AvgIpc) is 3.01. The minimum atomic E-state index is -0.217. The molecule has 110 valence electrons. The van der Waals surface area contributed by atoms with Crippen LogP contribution >= 0.6 is 0 Å². The van der Waals surface area contributed by atoms with Crippen LogP contribution < -0.4 is 0 Å². The predicted molar refractivity (Wildman–Crippen MR) is 76.5 cm³/mol. The van der Waals surface area contributed by atoms with Crippen LogP contribution in [0.3, 0.4) is 0 Å². The molecule has 1 aromatic heterocycles. The number of rotatable bonds is 3. The molecule has 3 unspecified atom stereocenters. The Labute approximate surface area is 120 Å². The highest BCUT2D eigenvalue weighted by molar-refractivity contribution is 5.90. The van der Waals surface area contributed by atoms with E-state index in [1.807, 2.05) is 6.92 Å². The van der Waals surface area contributed by atoms with Gasteiger partial charge >= 0.3 is 5.97 Å². The van der Waals surface area contributed by atoms with Crippen LogP contribution in [0.5, 0.6) is 0 Å². The molecule has 0 saturated heterocycles. The molecule has 2 aliphatic carbocycles. The van der Waals surface area contributed by atoms with Crippen LogP contribution in [0, 0.1) is 16.7 Å². The van der Waals surface area contributed by atoms with Gasteiger partial charge in [-0.25, -0.2) is 4.79 Å². The van der Waals surface area contributed by atoms with Gasteiger partial charge in [0.05, 0.1) is 6.26 Å². The van der Waals surface area contributed by atoms with Crippen molar-refractivity contribution in [3.05, 3.63) is 23.7 Å². The summed E-state index contributed by atoms with van der Waals surface area (Å²) in [7, 11) is 0. The molecule has 3 atom stereocenters. The van der Waals surface area contributed by atoms with Crippen molar-refractivity contribution in [1.82, 2.24) is 0 Å². The predicted octanol–water partition coefficient (Wildman–Crippen LogP) is 4.21. The van der Waals surface area contributed by atoms with Crippen molar-refractivity contribution >= 4 is 5.97 Å². The van der Waals surface area contributed by atoms with Crippen LogP contribution in [0.4, 0.5) is 0 Å². The molecule has 3 heteroatoms. The molecule has 2 fully saturated rings. The fourth-order valence-corrected chi connectivity index (χ4v) is 4.30. The lowest BCUT2D eigenvalue weighted by molar-refractivity contribution is -0.0244. The van der Waals surface area contributed by atoms with Gasteiger partial charge in [-0.15, -0.1) is 0 Å². The van der Waals surface area contributed by atoms with Gasteiger partial charge in [-0.05, 0) is 36.7 Å². The maximum Gasteiger partial charge on any atom is 0.341 e. The summed E-state index contributed by atoms with van der Waals surface area (Å²) in [6.45, 7) is 8.92. The van der Waals surface area contributed by atoms with E-state index < -0.39 is 0 Å². The SMILES string of the molecule is CCc1occc1C(=O)OC1CC2CCC1(C)C2(C)C. The number of hydrogen-bond acceptors (Lipinski definition) is 3. The maximum atomic E-state index is 12.4. The number of hydrogen-bond donors (Lipinski definition) is 0. The van der Waals surface area contributed by atoms with E-state index in [1.165, 1.54) is 6.42 Å². The van der Waals surface area contributed by atoms with E-state index in [0.29, 0.717) is 17.9 Å². The number of aryl methyl sites for hydroxylation is 1. The molecule has 20 heavy (non-hydrogen) atoms. The molecular weight excluding hydrogens is 252 g/mol. The number of esters is 1. The van der Waals surface area contributed by atoms with Gasteiger partial charge in [0.15, 0.2) is 0 Å². The van der Waals surface area contributed by atoms with Crippen molar-refractivity contribution in [2.45, 2.75) is 59.5 Å². The molecule has 2 aliphatic rings. The number of carbonyl (C=O) groups excluding carboxylic acids is 1. The van der Waals surface area contributed by atoms with Crippen molar-refractivity contribution in [2.24, 2.45) is 16.7 Å². The summed E-state index contributed by atoms with van der Waals surface area (Å²) >= 11 is 0. The van der Waals surface area contributed by atoms with Crippen molar-refractivity contribution < 1.29 is 13.9 Å². The zero-order valence-electron chi connectivity index (χ0n) is 12.9. The van der Waals surface area contributed by atoms with Crippen LogP contribution in [-0.4, -0.2) is 12.1 Å². The standard InChI is InChI=1S/C17H24O3/c1-5-13-12(7-9-19-13)15(18)20-14-10-11-6-8-17(14,4)16(11,2)3/h7,9,11,14H,5-6,8,10H2,1-4H3. The highest BCUT2D eigenvalue weighted by Crippen LogP contribution is 2.66. The Morgan fingerprint density at radius 3 is 2.75 bits per heavy atom. The smallest absolute Gasteiger partial charge is 0.341 e. The minimum Gasteiger partial charge on any atom is -0.468 e. The fourth-order valence-electron chi connectivity index (χ4n) is 4.30. The van der Waals surface area contributed by atoms with E-state index >= 15 is 0 Å². The molecule has 2 bridgehead atoms. The lowest BCUT2D eigenvalue weighted by Gasteiger charge is -2.38. The van der Waals surface area contributed by atoms with Crippen molar-refractivity contribution in [3.63, 3.8) is 0 Å². The molecule has 3 nitrogen and oxygen atoms in total. The Balaban J connectivity index is 1.79. The van der Waals surface area contributed by atoms with Gasteiger partial charge in [0.1, 0.15) is 17.4 Å². The third-order valence-corrected chi connectivity index (χ3v) is 6.25. The van der Waals surface area contributed by atoms with E-state index in [9.17, 15) is 4.79 Å². The van der Waals surface area contributed by atoms with Gasteiger partial charge < -0.3 is 9.15 Å². The first-order valence-corrected chi connectivity index (χ1v) is 7.67. The molecule has 0 N–H and O–H groups in total. The van der Waals surface area contributed by atoms with Gasteiger partial charge in [0, 0.05) is 11.8 Å². The summed E-state index contributed by atoms with van der Waals surface area (Å²) in [5, 5.41) is 0. The second-order valence-corrected chi connectivity index (χ2v) is 7.12. The minimum absolute atomic E-state index is 0.0448. The lowest BCUT2D eigenvalue weighted by atomic mass is 9.70. The third kappa shape index (κ3) is 1.68. The van der Waals surface area contributed by atoms with Crippen LogP contribution in [0.25, 0.3) is 0 Å². The third-order valence-electron chi connectivity index (χ3n) is 6.25. The molecule has 0 spiro atoms. The summed E-state index contributed by atoms with van der Waals surface area (Å²) in [6, 6.07) is 1.72. The van der Waals surface area contributed by atoms with E-state index in [4.69, 9.17) is 9.15 Å². The van der Waals surface area contributed by atoms with Crippen LogP contribution in [0.15, 0.2) is 16.7 Å². The summed E-state index contributed by atoms with van der Waals surface area (Å²) in [5.74, 6) is 1.19. The summed E-state index contributed by atoms with van der Waals surface area (Å²) in [5.41, 5.74) is 0.974. The fraction of sp³-hybridized carbons (Fsp3) is 0.706. The summed E-state index contributed by atoms with van der Waals surface area (Å²) in [4.78, 5) is 12.4. The number of carbonyl (C=O) groups is 1. The van der Waals surface area contributed by atoms with E-state index in [-0.39, 0.29) is 22.9 Å². The lowest BCUT2D eigenvalue weighted by Crippen LogP contribution is -2.38. The van der Waals surface area contributed by atoms with E-state index in [0.717, 1.165) is 18.6 Å². The second-order valence-electron chi connectivity index (χ2n) is 7.12. The first-order chi connectivity index (χ1) is 9.40. The zero-order chi connectivity index (χ0) is 14.5. The first-order valence-electron chi connectivity index (χ1n) is 7.67. The largest absolute Gasteiger partial charge is 0.468 e. The molecular formula is C17H24O3. The number of fused-ring (bicyclic) bond motifs is 2. The van der Waals surface area contributed by atoms with E-state index in [2.05, 4.69) is 20.8 Å². The van der Waals surface area contributed by atoms with Crippen molar-refractivity contribution in [1.29, 1.82) is 0 Å². The Kier molecular flexibility index (Phi) is 3.00. The van der Waals surface area contributed by atoms with Crippen molar-refractivity contribution in [2.75, 3.05) is 0 Å². The Morgan fingerprint density at radius 2 is 2.20 bits per heavy atom. The van der Waals surface area contributed by atoms with Gasteiger partial charge in [0.2, 0.25) is 0 Å². The molecule has 0 radical (unpaired) electrons. The van der Waals surface area contributed by atoms with Crippen LogP contribution in [0.1, 0.15) is 63.1 Å². The average molecular weight is 276 g/mol. The molecule has 0 aromatic carbocycles. The first kappa shape index (κ1) is 13.7. The molecule has 3 rings (SSSR count). The Bertz CT molecular complexity index is 528. The Morgan fingerprint density at radius 1 is 1.45 bits per heavy atom. The zero-order valence-corrected chi connectivity index (χ0v) is 12.9. The molecule has 1 heterocycles. The maximum absolute atomic E-state index is 12.4. The number of furan rings is 1. The Hall–Kier alpha value is -1.25. The molecule has 2 saturated carbocycles. The topological polar surface area (TPSA) is 39.4 Å². The highest BCUT2D eigenvalue weighted by Gasteiger charge is 2.62. The summed E-state index contributed by atoms with van der Waals surface area (Å²) < 4.78 is 11.2. The number of ether oxygens (including phenoxy) is 1. The van der Waals surface area contributed by atoms with Gasteiger partial charge in [-0.2, -0.15) is 0 Å². The van der Waals surface area contributed by atoms with E-state index in [1.54, 1.807) is 12.3 Å². The van der Waals surface area contributed by atoms with Crippen molar-refractivity contribution in [3.8, 4) is 0 Å². The van der Waals surface area contributed by atoms with Gasteiger partial charge in [-0.1, -0.05) is 27.7 Å².